The van der Waals surface area contributed by atoms with Crippen LogP contribution in [0.3, 0.4) is 0 Å². The molecule has 17 heavy (non-hydrogen) atoms. The number of rotatable bonds is 3. The lowest BCUT2D eigenvalue weighted by Gasteiger charge is -2.03. The van der Waals surface area contributed by atoms with Crippen LogP contribution in [-0.4, -0.2) is 15.3 Å². The number of imidazole rings is 1. The van der Waals surface area contributed by atoms with Crippen LogP contribution in [0, 0.1) is 0 Å². The minimum absolute atomic E-state index is 0.642. The quantitative estimate of drug-likeness (QED) is 0.656. The fourth-order valence-electron chi connectivity index (χ4n) is 1.98. The Morgan fingerprint density at radius 3 is 2.82 bits per heavy atom. The Balaban J connectivity index is 2.24. The predicted octanol–water partition coefficient (Wildman–Crippen LogP) is 3.84. The van der Waals surface area contributed by atoms with Gasteiger partial charge in [0.15, 0.2) is 4.96 Å². The molecule has 2 aromatic heterocycles. The van der Waals surface area contributed by atoms with Crippen LogP contribution < -0.4 is 0 Å². The maximum absolute atomic E-state index is 5.87. The van der Waals surface area contributed by atoms with Gasteiger partial charge in [0.2, 0.25) is 0 Å². The molecule has 0 amide bonds. The summed E-state index contributed by atoms with van der Waals surface area (Å²) in [4.78, 5) is 6.68. The second-order valence-corrected chi connectivity index (χ2v) is 5.20. The Labute approximate surface area is 108 Å². The molecule has 3 rings (SSSR count). The highest BCUT2D eigenvalue weighted by Gasteiger charge is 2.13. The molecule has 0 unspecified atom stereocenters. The lowest BCUT2D eigenvalue weighted by atomic mass is 10.1. The Hall–Kier alpha value is -1.32. The molecule has 0 aliphatic carbocycles. The van der Waals surface area contributed by atoms with Gasteiger partial charge in [-0.05, 0) is 12.0 Å². The molecular weight excluding hydrogens is 252 g/mol. The van der Waals surface area contributed by atoms with Crippen molar-refractivity contribution in [3.8, 4) is 11.3 Å². The number of halogens is 1. The van der Waals surface area contributed by atoms with Crippen LogP contribution >= 0.6 is 22.9 Å². The van der Waals surface area contributed by atoms with Gasteiger partial charge in [0.1, 0.15) is 0 Å². The van der Waals surface area contributed by atoms with E-state index in [2.05, 4.69) is 33.7 Å². The van der Waals surface area contributed by atoms with Crippen LogP contribution in [0.4, 0.5) is 0 Å². The van der Waals surface area contributed by atoms with Crippen molar-refractivity contribution in [2.45, 2.75) is 6.42 Å². The van der Waals surface area contributed by atoms with Crippen molar-refractivity contribution in [1.29, 1.82) is 0 Å². The summed E-state index contributed by atoms with van der Waals surface area (Å²) in [6.07, 6.45) is 4.73. The lowest BCUT2D eigenvalue weighted by Crippen LogP contribution is -1.90. The number of alkyl halides is 1. The maximum Gasteiger partial charge on any atom is 0.194 e. The average molecular weight is 263 g/mol. The van der Waals surface area contributed by atoms with Crippen molar-refractivity contribution < 1.29 is 0 Å². The van der Waals surface area contributed by atoms with Crippen LogP contribution in [0.25, 0.3) is 16.2 Å². The maximum atomic E-state index is 5.87. The van der Waals surface area contributed by atoms with E-state index in [4.69, 9.17) is 11.6 Å². The third-order valence-electron chi connectivity index (χ3n) is 2.70. The zero-order valence-electron chi connectivity index (χ0n) is 9.14. The Morgan fingerprint density at radius 2 is 2.06 bits per heavy atom. The van der Waals surface area contributed by atoms with E-state index in [1.165, 1.54) is 16.1 Å². The number of fused-ring (bicyclic) bond motifs is 1. The topological polar surface area (TPSA) is 17.3 Å². The molecule has 3 aromatic rings. The van der Waals surface area contributed by atoms with Crippen LogP contribution in [0.15, 0.2) is 42.7 Å². The molecule has 0 aliphatic rings. The fraction of sp³-hybridized carbons (Fsp3) is 0.154. The number of nitrogens with zero attached hydrogens (tertiary/aromatic N) is 2. The van der Waals surface area contributed by atoms with E-state index in [1.807, 2.05) is 18.5 Å². The van der Waals surface area contributed by atoms with E-state index in [0.29, 0.717) is 5.88 Å². The van der Waals surface area contributed by atoms with E-state index in [1.54, 1.807) is 11.3 Å². The molecule has 0 spiro atoms. The van der Waals surface area contributed by atoms with Crippen molar-refractivity contribution >= 4 is 27.9 Å². The van der Waals surface area contributed by atoms with Crippen molar-refractivity contribution in [2.75, 3.05) is 5.88 Å². The zero-order valence-corrected chi connectivity index (χ0v) is 10.7. The van der Waals surface area contributed by atoms with Crippen LogP contribution in [-0.2, 0) is 6.42 Å². The molecule has 0 saturated carbocycles. The molecule has 0 radical (unpaired) electrons. The smallest absolute Gasteiger partial charge is 0.194 e. The molecule has 0 atom stereocenters. The molecule has 1 aromatic carbocycles. The monoisotopic (exact) mass is 262 g/mol. The van der Waals surface area contributed by atoms with Gasteiger partial charge in [-0.25, -0.2) is 4.98 Å². The number of benzene rings is 1. The third kappa shape index (κ3) is 1.85. The molecule has 0 fully saturated rings. The number of thiazole rings is 1. The van der Waals surface area contributed by atoms with E-state index in [0.717, 1.165) is 11.4 Å². The second-order valence-electron chi connectivity index (χ2n) is 3.76. The Morgan fingerprint density at radius 1 is 1.24 bits per heavy atom. The third-order valence-corrected chi connectivity index (χ3v) is 4.01. The first-order valence-corrected chi connectivity index (χ1v) is 6.81. The SMILES string of the molecule is ClCCc1sc2nccn2c1-c1ccccc1. The summed E-state index contributed by atoms with van der Waals surface area (Å²) in [5, 5.41) is 0. The number of hydrogen-bond donors (Lipinski definition) is 0. The summed E-state index contributed by atoms with van der Waals surface area (Å²) in [5.74, 6) is 0.642. The number of aryl methyl sites for hydroxylation is 1. The van der Waals surface area contributed by atoms with E-state index in [-0.39, 0.29) is 0 Å². The van der Waals surface area contributed by atoms with E-state index >= 15 is 0 Å². The second kappa shape index (κ2) is 4.51. The highest BCUT2D eigenvalue weighted by molar-refractivity contribution is 7.17. The summed E-state index contributed by atoms with van der Waals surface area (Å²) in [6, 6.07) is 10.4. The molecule has 0 N–H and O–H groups in total. The molecule has 0 aliphatic heterocycles. The summed E-state index contributed by atoms with van der Waals surface area (Å²) in [5.41, 5.74) is 2.45. The molecular formula is C13H11ClN2S. The van der Waals surface area contributed by atoms with E-state index < -0.39 is 0 Å². The first-order valence-electron chi connectivity index (χ1n) is 5.46. The molecule has 0 saturated heterocycles. The van der Waals surface area contributed by atoms with Gasteiger partial charge in [0.25, 0.3) is 0 Å². The fourth-order valence-corrected chi connectivity index (χ4v) is 3.38. The van der Waals surface area contributed by atoms with Gasteiger partial charge < -0.3 is 0 Å². The molecule has 4 heteroatoms. The minimum Gasteiger partial charge on any atom is -0.290 e. The van der Waals surface area contributed by atoms with Crippen LogP contribution in [0.2, 0.25) is 0 Å². The van der Waals surface area contributed by atoms with Gasteiger partial charge in [-0.1, -0.05) is 30.3 Å². The highest BCUT2D eigenvalue weighted by Crippen LogP contribution is 2.31. The lowest BCUT2D eigenvalue weighted by molar-refractivity contribution is 1.14. The molecule has 0 bridgehead atoms. The number of aromatic nitrogens is 2. The summed E-state index contributed by atoms with van der Waals surface area (Å²) < 4.78 is 2.14. The summed E-state index contributed by atoms with van der Waals surface area (Å²) in [6.45, 7) is 0. The summed E-state index contributed by atoms with van der Waals surface area (Å²) >= 11 is 7.58. The molecule has 86 valence electrons. The number of hydrogen-bond acceptors (Lipinski definition) is 2. The molecule has 2 heterocycles. The van der Waals surface area contributed by atoms with Gasteiger partial charge in [0.05, 0.1) is 5.69 Å². The first-order chi connectivity index (χ1) is 8.40. The Bertz CT molecular complexity index is 627. The first kappa shape index (κ1) is 10.8. The van der Waals surface area contributed by atoms with Gasteiger partial charge >= 0.3 is 0 Å². The normalized spacial score (nSPS) is 11.1. The predicted molar refractivity (Wildman–Crippen MR) is 72.9 cm³/mol. The van der Waals surface area contributed by atoms with Gasteiger partial charge in [0, 0.05) is 23.2 Å². The average Bonchev–Trinajstić information content (AvgIpc) is 2.90. The van der Waals surface area contributed by atoms with Crippen molar-refractivity contribution in [3.63, 3.8) is 0 Å². The van der Waals surface area contributed by atoms with Crippen molar-refractivity contribution in [3.05, 3.63) is 47.6 Å². The zero-order chi connectivity index (χ0) is 11.7. The van der Waals surface area contributed by atoms with Gasteiger partial charge in [-0.2, -0.15) is 0 Å². The van der Waals surface area contributed by atoms with Crippen LogP contribution in [0.1, 0.15) is 4.88 Å². The highest BCUT2D eigenvalue weighted by atomic mass is 35.5. The largest absolute Gasteiger partial charge is 0.290 e. The molecule has 2 nitrogen and oxygen atoms in total. The summed E-state index contributed by atoms with van der Waals surface area (Å²) in [7, 11) is 0. The van der Waals surface area contributed by atoms with Gasteiger partial charge in [-0.15, -0.1) is 22.9 Å². The van der Waals surface area contributed by atoms with Gasteiger partial charge in [-0.3, -0.25) is 4.40 Å². The van der Waals surface area contributed by atoms with Crippen molar-refractivity contribution in [2.24, 2.45) is 0 Å². The van der Waals surface area contributed by atoms with E-state index in [9.17, 15) is 0 Å². The van der Waals surface area contributed by atoms with Crippen molar-refractivity contribution in [1.82, 2.24) is 9.38 Å². The minimum atomic E-state index is 0.642. The standard InChI is InChI=1S/C13H11ClN2S/c14-7-6-11-12(10-4-2-1-3-5-10)16-9-8-15-13(16)17-11/h1-5,8-9H,6-7H2. The Kier molecular flexibility index (Phi) is 2.87. The van der Waals surface area contributed by atoms with Crippen LogP contribution in [0.5, 0.6) is 0 Å².